The fraction of sp³-hybridized carbons (Fsp3) is 0.308. The second kappa shape index (κ2) is 7.06. The number of methoxy groups -OCH3 is 1. The standard InChI is InChI=1S/C13H17N2O2.BrH/c1-14-7-8-15(11-14)9-10-17-13-5-3-12(16-2)4-6-13;/h3-8,11H,9-10H2,1-2H3;1H/q+1;/p-1. The van der Waals surface area contributed by atoms with Gasteiger partial charge in [0.05, 0.1) is 14.2 Å². The molecule has 18 heavy (non-hydrogen) atoms. The molecule has 1 aromatic carbocycles. The number of halogens is 1. The van der Waals surface area contributed by atoms with E-state index in [1.807, 2.05) is 54.6 Å². The number of rotatable bonds is 5. The van der Waals surface area contributed by atoms with Crippen LogP contribution in [0.1, 0.15) is 0 Å². The average Bonchev–Trinajstić information content (AvgIpc) is 2.76. The summed E-state index contributed by atoms with van der Waals surface area (Å²) in [5.74, 6) is 1.71. The third-order valence-corrected chi connectivity index (χ3v) is 2.50. The third kappa shape index (κ3) is 4.07. The molecule has 2 aromatic rings. The van der Waals surface area contributed by atoms with Crippen molar-refractivity contribution in [2.75, 3.05) is 13.7 Å². The summed E-state index contributed by atoms with van der Waals surface area (Å²) in [5.41, 5.74) is 0. The molecule has 5 heteroatoms. The summed E-state index contributed by atoms with van der Waals surface area (Å²) in [4.78, 5) is 0. The van der Waals surface area contributed by atoms with Gasteiger partial charge in [-0.1, -0.05) is 0 Å². The third-order valence-electron chi connectivity index (χ3n) is 2.50. The Labute approximate surface area is 118 Å². The summed E-state index contributed by atoms with van der Waals surface area (Å²) in [6, 6.07) is 7.61. The summed E-state index contributed by atoms with van der Waals surface area (Å²) < 4.78 is 14.8. The first-order valence-electron chi connectivity index (χ1n) is 5.56. The SMILES string of the molecule is COc1ccc(OCCn2cc[n+](C)c2)cc1.[Br-]. The van der Waals surface area contributed by atoms with E-state index in [0.29, 0.717) is 6.61 Å². The predicted octanol–water partition coefficient (Wildman–Crippen LogP) is -1.60. The van der Waals surface area contributed by atoms with Gasteiger partial charge in [-0.15, -0.1) is 0 Å². The van der Waals surface area contributed by atoms with Gasteiger partial charge in [-0.05, 0) is 24.3 Å². The number of benzene rings is 1. The summed E-state index contributed by atoms with van der Waals surface area (Å²) in [5, 5.41) is 0. The van der Waals surface area contributed by atoms with Crippen molar-refractivity contribution < 1.29 is 31.0 Å². The van der Waals surface area contributed by atoms with Crippen molar-refractivity contribution in [2.24, 2.45) is 7.05 Å². The van der Waals surface area contributed by atoms with E-state index >= 15 is 0 Å². The van der Waals surface area contributed by atoms with Gasteiger partial charge in [0, 0.05) is 0 Å². The number of aryl methyl sites for hydroxylation is 1. The molecule has 0 spiro atoms. The maximum atomic E-state index is 5.63. The number of hydrogen-bond acceptors (Lipinski definition) is 2. The first kappa shape index (κ1) is 14.6. The zero-order valence-corrected chi connectivity index (χ0v) is 12.1. The molecule has 0 aliphatic rings. The molecule has 1 aromatic heterocycles. The molecule has 0 atom stereocenters. The zero-order chi connectivity index (χ0) is 12.1. The Morgan fingerprint density at radius 3 is 2.39 bits per heavy atom. The number of nitrogens with zero attached hydrogens (tertiary/aromatic N) is 2. The van der Waals surface area contributed by atoms with E-state index in [0.717, 1.165) is 18.0 Å². The maximum absolute atomic E-state index is 5.63. The number of ether oxygens (including phenoxy) is 2. The van der Waals surface area contributed by atoms with E-state index in [1.54, 1.807) is 7.11 Å². The smallest absolute Gasteiger partial charge is 0.243 e. The van der Waals surface area contributed by atoms with Gasteiger partial charge < -0.3 is 26.5 Å². The van der Waals surface area contributed by atoms with E-state index in [9.17, 15) is 0 Å². The van der Waals surface area contributed by atoms with Crippen LogP contribution in [0.25, 0.3) is 0 Å². The number of hydrogen-bond donors (Lipinski definition) is 0. The minimum absolute atomic E-state index is 0. The fourth-order valence-electron chi connectivity index (χ4n) is 1.57. The normalized spacial score (nSPS) is 9.67. The van der Waals surface area contributed by atoms with Gasteiger partial charge in [0.1, 0.15) is 37.0 Å². The Morgan fingerprint density at radius 1 is 1.17 bits per heavy atom. The Bertz CT molecular complexity index is 468. The molecule has 0 unspecified atom stereocenters. The van der Waals surface area contributed by atoms with Gasteiger partial charge in [0.25, 0.3) is 0 Å². The highest BCUT2D eigenvalue weighted by molar-refractivity contribution is 5.31. The van der Waals surface area contributed by atoms with Crippen LogP contribution in [0.4, 0.5) is 0 Å². The molecule has 0 saturated heterocycles. The van der Waals surface area contributed by atoms with Crippen molar-refractivity contribution in [3.05, 3.63) is 43.0 Å². The van der Waals surface area contributed by atoms with Crippen molar-refractivity contribution in [1.29, 1.82) is 0 Å². The fourth-order valence-corrected chi connectivity index (χ4v) is 1.57. The summed E-state index contributed by atoms with van der Waals surface area (Å²) in [7, 11) is 3.66. The molecule has 4 nitrogen and oxygen atoms in total. The van der Waals surface area contributed by atoms with Crippen LogP contribution in [0.5, 0.6) is 11.5 Å². The largest absolute Gasteiger partial charge is 1.00 e. The lowest BCUT2D eigenvalue weighted by Gasteiger charge is -2.05. The highest BCUT2D eigenvalue weighted by Gasteiger charge is 2.00. The van der Waals surface area contributed by atoms with Gasteiger partial charge in [-0.2, -0.15) is 0 Å². The lowest BCUT2D eigenvalue weighted by molar-refractivity contribution is -0.671. The molecule has 1 heterocycles. The Kier molecular flexibility index (Phi) is 5.71. The van der Waals surface area contributed by atoms with E-state index in [-0.39, 0.29) is 17.0 Å². The molecule has 0 saturated carbocycles. The molecule has 2 rings (SSSR count). The molecule has 0 amide bonds. The Morgan fingerprint density at radius 2 is 1.83 bits per heavy atom. The topological polar surface area (TPSA) is 27.3 Å². The van der Waals surface area contributed by atoms with Crippen LogP contribution in [0.2, 0.25) is 0 Å². The Balaban J connectivity index is 0.00000162. The van der Waals surface area contributed by atoms with Crippen molar-refractivity contribution >= 4 is 0 Å². The molecular formula is C13H17BrN2O2. The first-order chi connectivity index (χ1) is 8.28. The van der Waals surface area contributed by atoms with Crippen LogP contribution in [0, 0.1) is 0 Å². The minimum Gasteiger partial charge on any atom is -1.00 e. The molecular weight excluding hydrogens is 296 g/mol. The van der Waals surface area contributed by atoms with Gasteiger partial charge in [-0.25, -0.2) is 9.13 Å². The minimum atomic E-state index is 0. The van der Waals surface area contributed by atoms with Crippen LogP contribution in [0.3, 0.4) is 0 Å². The first-order valence-corrected chi connectivity index (χ1v) is 5.56. The van der Waals surface area contributed by atoms with Crippen LogP contribution in [-0.4, -0.2) is 18.3 Å². The van der Waals surface area contributed by atoms with E-state index in [2.05, 4.69) is 4.57 Å². The van der Waals surface area contributed by atoms with E-state index in [1.165, 1.54) is 0 Å². The van der Waals surface area contributed by atoms with E-state index in [4.69, 9.17) is 9.47 Å². The van der Waals surface area contributed by atoms with Crippen molar-refractivity contribution in [1.82, 2.24) is 4.57 Å². The number of aromatic nitrogens is 2. The van der Waals surface area contributed by atoms with Crippen LogP contribution in [0.15, 0.2) is 43.0 Å². The highest BCUT2D eigenvalue weighted by Crippen LogP contribution is 2.16. The molecule has 0 N–H and O–H groups in total. The molecule has 0 fully saturated rings. The van der Waals surface area contributed by atoms with Crippen LogP contribution in [-0.2, 0) is 13.6 Å². The van der Waals surface area contributed by atoms with Gasteiger partial charge in [0.15, 0.2) is 0 Å². The van der Waals surface area contributed by atoms with Crippen molar-refractivity contribution in [3.8, 4) is 11.5 Å². The van der Waals surface area contributed by atoms with Crippen LogP contribution >= 0.6 is 0 Å². The summed E-state index contributed by atoms with van der Waals surface area (Å²) >= 11 is 0. The molecule has 0 aliphatic carbocycles. The van der Waals surface area contributed by atoms with Crippen molar-refractivity contribution in [2.45, 2.75) is 6.54 Å². The van der Waals surface area contributed by atoms with Gasteiger partial charge in [0.2, 0.25) is 6.33 Å². The monoisotopic (exact) mass is 312 g/mol. The highest BCUT2D eigenvalue weighted by atomic mass is 79.9. The zero-order valence-electron chi connectivity index (χ0n) is 10.5. The predicted molar refractivity (Wildman–Crippen MR) is 64.1 cm³/mol. The van der Waals surface area contributed by atoms with Crippen molar-refractivity contribution in [3.63, 3.8) is 0 Å². The second-order valence-electron chi connectivity index (χ2n) is 3.84. The van der Waals surface area contributed by atoms with Crippen LogP contribution < -0.4 is 31.0 Å². The van der Waals surface area contributed by atoms with E-state index < -0.39 is 0 Å². The summed E-state index contributed by atoms with van der Waals surface area (Å²) in [6.07, 6.45) is 6.06. The molecule has 0 bridgehead atoms. The maximum Gasteiger partial charge on any atom is 0.243 e. The second-order valence-corrected chi connectivity index (χ2v) is 3.84. The molecule has 98 valence electrons. The molecule has 0 aliphatic heterocycles. The average molecular weight is 313 g/mol. The Hall–Kier alpha value is -1.49. The number of imidazole rings is 1. The van der Waals surface area contributed by atoms with Gasteiger partial charge >= 0.3 is 0 Å². The molecule has 0 radical (unpaired) electrons. The lowest BCUT2D eigenvalue weighted by Crippen LogP contribution is -3.00. The van der Waals surface area contributed by atoms with Gasteiger partial charge in [-0.3, -0.25) is 0 Å². The lowest BCUT2D eigenvalue weighted by atomic mass is 10.3. The summed E-state index contributed by atoms with van der Waals surface area (Å²) in [6.45, 7) is 1.49. The quantitative estimate of drug-likeness (QED) is 0.622.